The number of rotatable bonds is 3. The van der Waals surface area contributed by atoms with E-state index in [1.807, 2.05) is 13.1 Å². The highest BCUT2D eigenvalue weighted by Crippen LogP contribution is 2.19. The Morgan fingerprint density at radius 2 is 2.47 bits per heavy atom. The number of aryl methyl sites for hydroxylation is 2. The minimum absolute atomic E-state index is 0.435. The molecule has 1 aromatic rings. The van der Waals surface area contributed by atoms with Crippen LogP contribution in [0.2, 0.25) is 0 Å². The number of anilines is 1. The predicted octanol–water partition coefficient (Wildman–Crippen LogP) is 2.08. The van der Waals surface area contributed by atoms with Crippen molar-refractivity contribution in [3.63, 3.8) is 0 Å². The zero-order valence-electron chi connectivity index (χ0n) is 9.20. The SMILES string of the molecule is Cc1cnc(N)c(CCC2CCCO2)c1. The second-order valence-electron chi connectivity index (χ2n) is 4.23. The Bertz CT molecular complexity index is 332. The number of hydrogen-bond acceptors (Lipinski definition) is 3. The lowest BCUT2D eigenvalue weighted by Gasteiger charge is -2.10. The van der Waals surface area contributed by atoms with E-state index < -0.39 is 0 Å². The van der Waals surface area contributed by atoms with Crippen LogP contribution < -0.4 is 5.73 Å². The van der Waals surface area contributed by atoms with Gasteiger partial charge in [-0.25, -0.2) is 4.98 Å². The highest BCUT2D eigenvalue weighted by molar-refractivity contribution is 5.40. The minimum Gasteiger partial charge on any atom is -0.383 e. The third-order valence-corrected chi connectivity index (χ3v) is 2.90. The van der Waals surface area contributed by atoms with Gasteiger partial charge in [0.15, 0.2) is 0 Å². The van der Waals surface area contributed by atoms with Gasteiger partial charge in [0, 0.05) is 12.8 Å². The molecule has 1 aliphatic heterocycles. The van der Waals surface area contributed by atoms with Crippen LogP contribution >= 0.6 is 0 Å². The van der Waals surface area contributed by atoms with E-state index in [4.69, 9.17) is 10.5 Å². The van der Waals surface area contributed by atoms with Crippen LogP contribution in [0.5, 0.6) is 0 Å². The molecule has 0 aromatic carbocycles. The summed E-state index contributed by atoms with van der Waals surface area (Å²) in [5, 5.41) is 0. The Labute approximate surface area is 90.7 Å². The van der Waals surface area contributed by atoms with Crippen LogP contribution in [0.25, 0.3) is 0 Å². The summed E-state index contributed by atoms with van der Waals surface area (Å²) >= 11 is 0. The van der Waals surface area contributed by atoms with Crippen LogP contribution in [0.4, 0.5) is 5.82 Å². The zero-order chi connectivity index (χ0) is 10.7. The molecule has 0 saturated carbocycles. The van der Waals surface area contributed by atoms with Crippen molar-refractivity contribution in [1.29, 1.82) is 0 Å². The first-order valence-corrected chi connectivity index (χ1v) is 5.58. The number of nitrogen functional groups attached to an aromatic ring is 1. The fourth-order valence-corrected chi connectivity index (χ4v) is 2.03. The first-order chi connectivity index (χ1) is 7.25. The monoisotopic (exact) mass is 206 g/mol. The maximum Gasteiger partial charge on any atom is 0.126 e. The van der Waals surface area contributed by atoms with Gasteiger partial charge in [0.1, 0.15) is 5.82 Å². The van der Waals surface area contributed by atoms with Crippen LogP contribution in [0, 0.1) is 6.92 Å². The molecule has 0 aliphatic carbocycles. The van der Waals surface area contributed by atoms with Crippen molar-refractivity contribution in [3.05, 3.63) is 23.4 Å². The third-order valence-electron chi connectivity index (χ3n) is 2.90. The van der Waals surface area contributed by atoms with E-state index in [1.165, 1.54) is 18.4 Å². The molecule has 2 heterocycles. The molecular formula is C12H18N2O. The first-order valence-electron chi connectivity index (χ1n) is 5.58. The highest BCUT2D eigenvalue weighted by Gasteiger charge is 2.15. The molecule has 0 spiro atoms. The molecule has 0 radical (unpaired) electrons. The Morgan fingerprint density at radius 1 is 1.60 bits per heavy atom. The molecule has 1 atom stereocenters. The van der Waals surface area contributed by atoms with Gasteiger partial charge in [0.25, 0.3) is 0 Å². The Kier molecular flexibility index (Phi) is 3.21. The Hall–Kier alpha value is -1.09. The molecule has 1 aromatic heterocycles. The lowest BCUT2D eigenvalue weighted by Crippen LogP contribution is -2.08. The molecule has 1 fully saturated rings. The van der Waals surface area contributed by atoms with Gasteiger partial charge in [-0.3, -0.25) is 0 Å². The maximum atomic E-state index is 5.82. The molecule has 15 heavy (non-hydrogen) atoms. The quantitative estimate of drug-likeness (QED) is 0.823. The normalized spacial score (nSPS) is 20.7. The summed E-state index contributed by atoms with van der Waals surface area (Å²) in [5.41, 5.74) is 8.15. The number of aromatic nitrogens is 1. The zero-order valence-corrected chi connectivity index (χ0v) is 9.20. The fraction of sp³-hybridized carbons (Fsp3) is 0.583. The molecule has 1 unspecified atom stereocenters. The lowest BCUT2D eigenvalue weighted by atomic mass is 10.0. The van der Waals surface area contributed by atoms with E-state index in [9.17, 15) is 0 Å². The van der Waals surface area contributed by atoms with Crippen molar-refractivity contribution >= 4 is 5.82 Å². The molecule has 3 nitrogen and oxygen atoms in total. The summed E-state index contributed by atoms with van der Waals surface area (Å²) in [7, 11) is 0. The van der Waals surface area contributed by atoms with E-state index in [0.29, 0.717) is 11.9 Å². The van der Waals surface area contributed by atoms with Gasteiger partial charge in [0.05, 0.1) is 6.10 Å². The van der Waals surface area contributed by atoms with E-state index >= 15 is 0 Å². The van der Waals surface area contributed by atoms with Crippen molar-refractivity contribution in [2.75, 3.05) is 12.3 Å². The molecular weight excluding hydrogens is 188 g/mol. The summed E-state index contributed by atoms with van der Waals surface area (Å²) < 4.78 is 5.58. The van der Waals surface area contributed by atoms with E-state index in [1.54, 1.807) is 0 Å². The fourth-order valence-electron chi connectivity index (χ4n) is 2.03. The largest absolute Gasteiger partial charge is 0.383 e. The first kappa shape index (κ1) is 10.4. The molecule has 0 bridgehead atoms. The average molecular weight is 206 g/mol. The van der Waals surface area contributed by atoms with Crippen LogP contribution in [0.3, 0.4) is 0 Å². The van der Waals surface area contributed by atoms with Crippen molar-refractivity contribution in [2.45, 2.75) is 38.7 Å². The van der Waals surface area contributed by atoms with E-state index in [0.717, 1.165) is 25.0 Å². The average Bonchev–Trinajstić information content (AvgIpc) is 2.72. The molecule has 0 amide bonds. The molecule has 2 N–H and O–H groups in total. The van der Waals surface area contributed by atoms with Crippen LogP contribution in [-0.4, -0.2) is 17.7 Å². The number of nitrogens with two attached hydrogens (primary N) is 1. The van der Waals surface area contributed by atoms with Crippen LogP contribution in [0.1, 0.15) is 30.4 Å². The van der Waals surface area contributed by atoms with Crippen LogP contribution in [-0.2, 0) is 11.2 Å². The Balaban J connectivity index is 1.94. The summed E-state index contributed by atoms with van der Waals surface area (Å²) in [6.07, 6.45) is 6.68. The molecule has 1 aliphatic rings. The van der Waals surface area contributed by atoms with Crippen molar-refractivity contribution in [2.24, 2.45) is 0 Å². The lowest BCUT2D eigenvalue weighted by molar-refractivity contribution is 0.104. The summed E-state index contributed by atoms with van der Waals surface area (Å²) in [6.45, 7) is 2.97. The number of ether oxygens (including phenoxy) is 1. The number of pyridine rings is 1. The summed E-state index contributed by atoms with van der Waals surface area (Å²) in [6, 6.07) is 2.12. The summed E-state index contributed by atoms with van der Waals surface area (Å²) in [5.74, 6) is 0.665. The van der Waals surface area contributed by atoms with Gasteiger partial charge < -0.3 is 10.5 Å². The van der Waals surface area contributed by atoms with Gasteiger partial charge in [-0.05, 0) is 43.7 Å². The number of hydrogen-bond donors (Lipinski definition) is 1. The van der Waals surface area contributed by atoms with Gasteiger partial charge in [-0.2, -0.15) is 0 Å². The molecule has 2 rings (SSSR count). The second kappa shape index (κ2) is 4.62. The molecule has 82 valence electrons. The smallest absolute Gasteiger partial charge is 0.126 e. The molecule has 1 saturated heterocycles. The third kappa shape index (κ3) is 2.69. The topological polar surface area (TPSA) is 48.1 Å². The standard InChI is InChI=1S/C12H18N2O/c1-9-7-10(12(13)14-8-9)4-5-11-3-2-6-15-11/h7-8,11H,2-6H2,1H3,(H2,13,14). The van der Waals surface area contributed by atoms with Crippen molar-refractivity contribution < 1.29 is 4.74 Å². The van der Waals surface area contributed by atoms with E-state index in [2.05, 4.69) is 11.1 Å². The summed E-state index contributed by atoms with van der Waals surface area (Å²) in [4.78, 5) is 4.16. The van der Waals surface area contributed by atoms with Gasteiger partial charge in [0.2, 0.25) is 0 Å². The maximum absolute atomic E-state index is 5.82. The number of nitrogens with zero attached hydrogens (tertiary/aromatic N) is 1. The predicted molar refractivity (Wildman–Crippen MR) is 60.7 cm³/mol. The van der Waals surface area contributed by atoms with E-state index in [-0.39, 0.29) is 0 Å². The van der Waals surface area contributed by atoms with Gasteiger partial charge in [-0.15, -0.1) is 0 Å². The van der Waals surface area contributed by atoms with Crippen molar-refractivity contribution in [3.8, 4) is 0 Å². The Morgan fingerprint density at radius 3 is 3.20 bits per heavy atom. The molecule has 3 heteroatoms. The van der Waals surface area contributed by atoms with Crippen molar-refractivity contribution in [1.82, 2.24) is 4.98 Å². The van der Waals surface area contributed by atoms with Gasteiger partial charge in [-0.1, -0.05) is 6.07 Å². The van der Waals surface area contributed by atoms with Gasteiger partial charge >= 0.3 is 0 Å². The minimum atomic E-state index is 0.435. The highest BCUT2D eigenvalue weighted by atomic mass is 16.5. The van der Waals surface area contributed by atoms with Crippen LogP contribution in [0.15, 0.2) is 12.3 Å². The second-order valence-corrected chi connectivity index (χ2v) is 4.23.